The Morgan fingerprint density at radius 2 is 1.35 bits per heavy atom. The number of hydrogen-bond donors (Lipinski definition) is 3. The van der Waals surface area contributed by atoms with E-state index in [2.05, 4.69) is 6.07 Å². The van der Waals surface area contributed by atoms with E-state index in [1.807, 2.05) is 48.5 Å². The van der Waals surface area contributed by atoms with Gasteiger partial charge in [0.15, 0.2) is 0 Å². The van der Waals surface area contributed by atoms with E-state index in [0.29, 0.717) is 17.1 Å². The molecule has 188 valence electrons. The zero-order valence-electron chi connectivity index (χ0n) is 20.2. The van der Waals surface area contributed by atoms with Gasteiger partial charge in [0.1, 0.15) is 45.6 Å². The largest absolute Gasteiger partial charge is 0.508 e. The van der Waals surface area contributed by atoms with E-state index >= 15 is 0 Å². The number of hydrogen-bond acceptors (Lipinski definition) is 6. The van der Waals surface area contributed by atoms with Crippen LogP contribution in [0, 0.1) is 0 Å². The minimum Gasteiger partial charge on any atom is -0.508 e. The molecule has 0 fully saturated rings. The summed E-state index contributed by atoms with van der Waals surface area (Å²) in [5, 5.41) is 29.6. The van der Waals surface area contributed by atoms with Crippen molar-refractivity contribution in [2.75, 3.05) is 14.2 Å². The van der Waals surface area contributed by atoms with Gasteiger partial charge in [-0.3, -0.25) is 0 Å². The molecule has 0 radical (unpaired) electrons. The Labute approximate surface area is 219 Å². The van der Waals surface area contributed by atoms with Gasteiger partial charge in [0.25, 0.3) is 0 Å². The van der Waals surface area contributed by atoms with E-state index in [4.69, 9.17) is 25.8 Å². The average Bonchev–Trinajstić information content (AvgIpc) is 3.29. The minimum absolute atomic E-state index is 0.0799. The smallest absolute Gasteiger partial charge is 0.138 e. The topological polar surface area (TPSA) is 88.4 Å². The first-order valence-electron chi connectivity index (χ1n) is 11.6. The normalized spacial score (nSPS) is 16.4. The van der Waals surface area contributed by atoms with Crippen LogP contribution in [0.4, 0.5) is 0 Å². The SMILES string of the molecule is COc1cc(OC)cc(C2c3cc(/C=C/c4cc(O)c(Cl)c(O)c4)ccc3OC2c2ccc(O)cc2)c1. The fraction of sp³-hybridized carbons (Fsp3) is 0.133. The maximum Gasteiger partial charge on any atom is 0.138 e. The van der Waals surface area contributed by atoms with Crippen molar-refractivity contribution in [1.82, 2.24) is 0 Å². The van der Waals surface area contributed by atoms with E-state index in [9.17, 15) is 15.3 Å². The summed E-state index contributed by atoms with van der Waals surface area (Å²) in [4.78, 5) is 0. The number of fused-ring (bicyclic) bond motifs is 1. The van der Waals surface area contributed by atoms with Gasteiger partial charge >= 0.3 is 0 Å². The summed E-state index contributed by atoms with van der Waals surface area (Å²) in [6, 6.07) is 21.7. The lowest BCUT2D eigenvalue weighted by Crippen LogP contribution is -2.11. The fourth-order valence-electron chi connectivity index (χ4n) is 4.58. The third-order valence-corrected chi connectivity index (χ3v) is 6.79. The van der Waals surface area contributed by atoms with Crippen LogP contribution >= 0.6 is 11.6 Å². The highest BCUT2D eigenvalue weighted by molar-refractivity contribution is 6.33. The molecule has 37 heavy (non-hydrogen) atoms. The Morgan fingerprint density at radius 3 is 1.97 bits per heavy atom. The van der Waals surface area contributed by atoms with E-state index in [0.717, 1.165) is 28.0 Å². The fourth-order valence-corrected chi connectivity index (χ4v) is 4.69. The standard InChI is InChI=1S/C30H25ClO6/c1-35-22-14-20(15-23(16-22)36-2)28-24-11-17(3-4-18-12-25(33)29(31)26(34)13-18)5-10-27(24)37-30(28)19-6-8-21(32)9-7-19/h3-16,28,30,32-34H,1-2H3/b4-3+. The monoisotopic (exact) mass is 516 g/mol. The number of phenols is 3. The molecule has 0 aliphatic carbocycles. The summed E-state index contributed by atoms with van der Waals surface area (Å²) in [6.45, 7) is 0. The molecular formula is C30H25ClO6. The van der Waals surface area contributed by atoms with Crippen LogP contribution in [-0.2, 0) is 0 Å². The van der Waals surface area contributed by atoms with Crippen LogP contribution in [0.3, 0.4) is 0 Å². The number of rotatable bonds is 6. The first kappa shape index (κ1) is 24.4. The van der Waals surface area contributed by atoms with E-state index in [1.54, 1.807) is 32.4 Å². The molecule has 2 unspecified atom stereocenters. The van der Waals surface area contributed by atoms with Gasteiger partial charge in [0.05, 0.1) is 20.1 Å². The predicted molar refractivity (Wildman–Crippen MR) is 143 cm³/mol. The van der Waals surface area contributed by atoms with Crippen LogP contribution in [0.5, 0.6) is 34.5 Å². The van der Waals surface area contributed by atoms with Crippen molar-refractivity contribution in [2.45, 2.75) is 12.0 Å². The Kier molecular flexibility index (Phi) is 6.59. The molecule has 0 amide bonds. The molecule has 1 aliphatic rings. The van der Waals surface area contributed by atoms with Gasteiger partial charge in [0.2, 0.25) is 0 Å². The second kappa shape index (κ2) is 9.99. The molecule has 4 aromatic rings. The third kappa shape index (κ3) is 4.88. The Bertz CT molecular complexity index is 1430. The van der Waals surface area contributed by atoms with Crippen LogP contribution < -0.4 is 14.2 Å². The number of halogens is 1. The van der Waals surface area contributed by atoms with Gasteiger partial charge in [0, 0.05) is 11.6 Å². The van der Waals surface area contributed by atoms with Crippen molar-refractivity contribution in [3.05, 3.63) is 106 Å². The minimum atomic E-state index is -0.336. The first-order valence-corrected chi connectivity index (χ1v) is 12.0. The highest BCUT2D eigenvalue weighted by atomic mass is 35.5. The van der Waals surface area contributed by atoms with Gasteiger partial charge < -0.3 is 29.5 Å². The van der Waals surface area contributed by atoms with Gasteiger partial charge in [-0.25, -0.2) is 0 Å². The van der Waals surface area contributed by atoms with Crippen LogP contribution in [0.1, 0.15) is 39.8 Å². The first-order chi connectivity index (χ1) is 17.9. The number of benzene rings is 4. The Balaban J connectivity index is 1.58. The molecular weight excluding hydrogens is 492 g/mol. The second-order valence-corrected chi connectivity index (χ2v) is 9.14. The van der Waals surface area contributed by atoms with E-state index in [-0.39, 0.29) is 34.3 Å². The van der Waals surface area contributed by atoms with Crippen molar-refractivity contribution in [1.29, 1.82) is 0 Å². The molecule has 6 nitrogen and oxygen atoms in total. The number of ether oxygens (including phenoxy) is 3. The summed E-state index contributed by atoms with van der Waals surface area (Å²) >= 11 is 5.85. The third-order valence-electron chi connectivity index (χ3n) is 6.40. The molecule has 0 spiro atoms. The van der Waals surface area contributed by atoms with Crippen LogP contribution in [0.25, 0.3) is 12.2 Å². The van der Waals surface area contributed by atoms with E-state index < -0.39 is 0 Å². The van der Waals surface area contributed by atoms with Gasteiger partial charge in [-0.15, -0.1) is 0 Å². The van der Waals surface area contributed by atoms with Gasteiger partial charge in [-0.2, -0.15) is 0 Å². The van der Waals surface area contributed by atoms with Crippen LogP contribution in [-0.4, -0.2) is 29.5 Å². The van der Waals surface area contributed by atoms with E-state index in [1.165, 1.54) is 12.1 Å². The van der Waals surface area contributed by atoms with Crippen molar-refractivity contribution >= 4 is 23.8 Å². The molecule has 0 saturated carbocycles. The molecule has 4 aromatic carbocycles. The molecule has 0 saturated heterocycles. The van der Waals surface area contributed by atoms with Crippen molar-refractivity contribution in [3.8, 4) is 34.5 Å². The lowest BCUT2D eigenvalue weighted by molar-refractivity contribution is 0.222. The number of phenolic OH excluding ortho intramolecular Hbond substituents is 3. The summed E-state index contributed by atoms with van der Waals surface area (Å²) in [7, 11) is 3.23. The molecule has 1 aliphatic heterocycles. The number of methoxy groups -OCH3 is 2. The molecule has 0 aromatic heterocycles. The molecule has 1 heterocycles. The molecule has 0 bridgehead atoms. The van der Waals surface area contributed by atoms with Crippen molar-refractivity contribution < 1.29 is 29.5 Å². The Morgan fingerprint density at radius 1 is 0.730 bits per heavy atom. The lowest BCUT2D eigenvalue weighted by Gasteiger charge is -2.21. The van der Waals surface area contributed by atoms with Crippen LogP contribution in [0.15, 0.2) is 72.8 Å². The zero-order valence-corrected chi connectivity index (χ0v) is 20.9. The van der Waals surface area contributed by atoms with Gasteiger partial charge in [-0.1, -0.05) is 42.0 Å². The quantitative estimate of drug-likeness (QED) is 0.241. The average molecular weight is 517 g/mol. The van der Waals surface area contributed by atoms with Crippen molar-refractivity contribution in [3.63, 3.8) is 0 Å². The summed E-state index contributed by atoms with van der Waals surface area (Å²) in [5.41, 5.74) is 4.37. The molecule has 5 rings (SSSR count). The maximum atomic E-state index is 9.93. The van der Waals surface area contributed by atoms with Gasteiger partial charge in [-0.05, 0) is 70.8 Å². The Hall–Kier alpha value is -4.29. The lowest BCUT2D eigenvalue weighted by atomic mass is 9.84. The highest BCUT2D eigenvalue weighted by Gasteiger charge is 2.37. The maximum absolute atomic E-state index is 9.93. The highest BCUT2D eigenvalue weighted by Crippen LogP contribution is 2.51. The summed E-state index contributed by atoms with van der Waals surface area (Å²) in [6.07, 6.45) is 3.34. The molecule has 7 heteroatoms. The zero-order chi connectivity index (χ0) is 26.1. The number of aromatic hydroxyl groups is 3. The van der Waals surface area contributed by atoms with Crippen molar-refractivity contribution in [2.24, 2.45) is 0 Å². The van der Waals surface area contributed by atoms with Crippen LogP contribution in [0.2, 0.25) is 5.02 Å². The predicted octanol–water partition coefficient (Wildman–Crippen LogP) is 6.91. The second-order valence-electron chi connectivity index (χ2n) is 8.76. The molecule has 3 N–H and O–H groups in total. The summed E-state index contributed by atoms with van der Waals surface area (Å²) < 4.78 is 17.5. The molecule has 2 atom stereocenters. The summed E-state index contributed by atoms with van der Waals surface area (Å²) in [5.74, 6) is 1.73.